The Kier molecular flexibility index (Phi) is 3.49. The van der Waals surface area contributed by atoms with Crippen molar-refractivity contribution in [1.29, 1.82) is 0 Å². The first kappa shape index (κ1) is 11.5. The van der Waals surface area contributed by atoms with Gasteiger partial charge in [-0.25, -0.2) is 0 Å². The molecule has 0 aromatic carbocycles. The maximum atomic E-state index is 11.6. The Bertz CT molecular complexity index is 257. The van der Waals surface area contributed by atoms with Crippen LogP contribution < -0.4 is 5.73 Å². The minimum absolute atomic E-state index is 0.183. The molecule has 1 aliphatic rings. The lowest BCUT2D eigenvalue weighted by molar-refractivity contribution is -0.136. The molecule has 0 radical (unpaired) electrons. The van der Waals surface area contributed by atoms with Gasteiger partial charge in [0.2, 0.25) is 11.8 Å². The molecule has 1 fully saturated rings. The maximum absolute atomic E-state index is 11.6. The second kappa shape index (κ2) is 4.27. The van der Waals surface area contributed by atoms with Gasteiger partial charge in [0, 0.05) is 13.0 Å². The third-order valence-electron chi connectivity index (χ3n) is 2.23. The van der Waals surface area contributed by atoms with E-state index < -0.39 is 18.1 Å². The molecule has 3 unspecified atom stereocenters. The van der Waals surface area contributed by atoms with Crippen LogP contribution in [0.3, 0.4) is 0 Å². The monoisotopic (exact) mass is 264 g/mol. The number of nitrogens with zero attached hydrogens (tertiary/aromatic N) is 1. The molecule has 0 aromatic heterocycles. The Morgan fingerprint density at radius 3 is 2.64 bits per heavy atom. The molecule has 1 saturated heterocycles. The Balaban J connectivity index is 2.76. The molecule has 0 aliphatic carbocycles. The van der Waals surface area contributed by atoms with E-state index >= 15 is 0 Å². The van der Waals surface area contributed by atoms with Gasteiger partial charge in [-0.2, -0.15) is 0 Å². The predicted octanol–water partition coefficient (Wildman–Crippen LogP) is -0.783. The first-order chi connectivity index (χ1) is 6.43. The first-order valence-corrected chi connectivity index (χ1v) is 5.27. The highest BCUT2D eigenvalue weighted by molar-refractivity contribution is 9.10. The van der Waals surface area contributed by atoms with Crippen molar-refractivity contribution in [3.8, 4) is 0 Å². The van der Waals surface area contributed by atoms with E-state index in [2.05, 4.69) is 15.9 Å². The van der Waals surface area contributed by atoms with Gasteiger partial charge in [-0.3, -0.25) is 9.59 Å². The molecule has 0 spiro atoms. The lowest BCUT2D eigenvalue weighted by Gasteiger charge is -2.22. The van der Waals surface area contributed by atoms with Crippen LogP contribution in [0.25, 0.3) is 0 Å². The summed E-state index contributed by atoms with van der Waals surface area (Å²) in [5, 5.41) is 9.33. The summed E-state index contributed by atoms with van der Waals surface area (Å²) in [4.78, 5) is 23.5. The molecular weight excluding hydrogens is 252 g/mol. The van der Waals surface area contributed by atoms with Crippen LogP contribution >= 0.6 is 15.9 Å². The van der Waals surface area contributed by atoms with Crippen LogP contribution in [0.15, 0.2) is 0 Å². The average Bonchev–Trinajstić information content (AvgIpc) is 2.45. The van der Waals surface area contributed by atoms with Crippen molar-refractivity contribution in [2.75, 3.05) is 6.54 Å². The van der Waals surface area contributed by atoms with Crippen molar-refractivity contribution in [2.45, 2.75) is 30.3 Å². The van der Waals surface area contributed by atoms with Gasteiger partial charge in [-0.15, -0.1) is 0 Å². The molecule has 1 rings (SSSR count). The molecule has 0 saturated carbocycles. The highest BCUT2D eigenvalue weighted by Gasteiger charge is 2.38. The highest BCUT2D eigenvalue weighted by Crippen LogP contribution is 2.20. The summed E-state index contributed by atoms with van der Waals surface area (Å²) in [6.45, 7) is 1.85. The van der Waals surface area contributed by atoms with Crippen molar-refractivity contribution >= 4 is 27.7 Å². The molecule has 1 aliphatic heterocycles. The molecule has 3 N–H and O–H groups in total. The number of amides is 2. The van der Waals surface area contributed by atoms with E-state index in [1.54, 1.807) is 6.92 Å². The standard InChI is InChI=1S/C8H13BrN2O3/c1-4(9)8(14)11-3-5(12)2-6(11)7(10)13/h4-6,12H,2-3H2,1H3,(H2,10,13). The summed E-state index contributed by atoms with van der Waals surface area (Å²) < 4.78 is 0. The van der Waals surface area contributed by atoms with Crippen molar-refractivity contribution in [2.24, 2.45) is 5.73 Å². The van der Waals surface area contributed by atoms with Crippen LogP contribution in [-0.2, 0) is 9.59 Å². The molecule has 0 aromatic rings. The van der Waals surface area contributed by atoms with Crippen molar-refractivity contribution in [1.82, 2.24) is 4.90 Å². The summed E-state index contributed by atoms with van der Waals surface area (Å²) >= 11 is 3.12. The van der Waals surface area contributed by atoms with Gasteiger partial charge in [0.1, 0.15) is 6.04 Å². The normalized spacial score (nSPS) is 28.9. The zero-order chi connectivity index (χ0) is 10.9. The SMILES string of the molecule is CC(Br)C(=O)N1CC(O)CC1C(N)=O. The van der Waals surface area contributed by atoms with Gasteiger partial charge in [-0.05, 0) is 6.92 Å². The number of β-amino-alcohol motifs (C(OH)–C–C–N with tert-alkyl or cyclic N) is 1. The molecule has 14 heavy (non-hydrogen) atoms. The number of likely N-dealkylation sites (tertiary alicyclic amines) is 1. The lowest BCUT2D eigenvalue weighted by Crippen LogP contribution is -2.46. The predicted molar refractivity (Wildman–Crippen MR) is 53.7 cm³/mol. The van der Waals surface area contributed by atoms with E-state index in [9.17, 15) is 14.7 Å². The molecular formula is C8H13BrN2O3. The Morgan fingerprint density at radius 2 is 2.21 bits per heavy atom. The molecule has 1 heterocycles. The lowest BCUT2D eigenvalue weighted by atomic mass is 10.2. The minimum Gasteiger partial charge on any atom is -0.391 e. The van der Waals surface area contributed by atoms with E-state index in [4.69, 9.17) is 5.73 Å². The number of carbonyl (C=O) groups excluding carboxylic acids is 2. The summed E-state index contributed by atoms with van der Waals surface area (Å²) in [5.41, 5.74) is 5.13. The number of carbonyl (C=O) groups is 2. The topological polar surface area (TPSA) is 83.6 Å². The third-order valence-corrected chi connectivity index (χ3v) is 2.62. The van der Waals surface area contributed by atoms with Crippen LogP contribution in [0, 0.1) is 0 Å². The fourth-order valence-electron chi connectivity index (χ4n) is 1.56. The average molecular weight is 265 g/mol. The maximum Gasteiger partial charge on any atom is 0.240 e. The molecule has 80 valence electrons. The minimum atomic E-state index is -0.669. The smallest absolute Gasteiger partial charge is 0.240 e. The molecule has 6 heteroatoms. The summed E-state index contributed by atoms with van der Waals surface area (Å²) in [7, 11) is 0. The van der Waals surface area contributed by atoms with E-state index in [1.807, 2.05) is 0 Å². The van der Waals surface area contributed by atoms with Crippen LogP contribution in [0.5, 0.6) is 0 Å². The zero-order valence-electron chi connectivity index (χ0n) is 7.81. The number of halogens is 1. The largest absolute Gasteiger partial charge is 0.391 e. The fourth-order valence-corrected chi connectivity index (χ4v) is 1.82. The van der Waals surface area contributed by atoms with Gasteiger partial charge >= 0.3 is 0 Å². The Labute approximate surface area is 90.4 Å². The number of aliphatic hydroxyl groups excluding tert-OH is 1. The van der Waals surface area contributed by atoms with Crippen molar-refractivity contribution < 1.29 is 14.7 Å². The zero-order valence-corrected chi connectivity index (χ0v) is 9.40. The number of hydrogen-bond donors (Lipinski definition) is 2. The summed E-state index contributed by atoms with van der Waals surface area (Å²) in [5.74, 6) is -0.784. The van der Waals surface area contributed by atoms with Gasteiger partial charge in [-0.1, -0.05) is 15.9 Å². The van der Waals surface area contributed by atoms with Gasteiger partial charge < -0.3 is 15.7 Å². The molecule has 3 atom stereocenters. The van der Waals surface area contributed by atoms with E-state index in [0.717, 1.165) is 0 Å². The highest BCUT2D eigenvalue weighted by atomic mass is 79.9. The quantitative estimate of drug-likeness (QED) is 0.642. The molecule has 2 amide bonds. The molecule has 0 bridgehead atoms. The van der Waals surface area contributed by atoms with E-state index in [0.29, 0.717) is 0 Å². The van der Waals surface area contributed by atoms with Crippen LogP contribution in [0.1, 0.15) is 13.3 Å². The second-order valence-electron chi connectivity index (χ2n) is 3.41. The number of hydrogen-bond acceptors (Lipinski definition) is 3. The summed E-state index contributed by atoms with van der Waals surface area (Å²) in [6.07, 6.45) is -0.413. The van der Waals surface area contributed by atoms with Gasteiger partial charge in [0.05, 0.1) is 10.9 Å². The first-order valence-electron chi connectivity index (χ1n) is 4.35. The van der Waals surface area contributed by atoms with Gasteiger partial charge in [0.25, 0.3) is 0 Å². The van der Waals surface area contributed by atoms with Crippen LogP contribution in [0.2, 0.25) is 0 Å². The second-order valence-corrected chi connectivity index (χ2v) is 4.79. The number of alkyl halides is 1. The number of aliphatic hydroxyl groups is 1. The fraction of sp³-hybridized carbons (Fsp3) is 0.750. The Hall–Kier alpha value is -0.620. The van der Waals surface area contributed by atoms with Gasteiger partial charge in [0.15, 0.2) is 0 Å². The van der Waals surface area contributed by atoms with Crippen molar-refractivity contribution in [3.63, 3.8) is 0 Å². The number of rotatable bonds is 2. The Morgan fingerprint density at radius 1 is 1.64 bits per heavy atom. The van der Waals surface area contributed by atoms with E-state index in [-0.39, 0.29) is 23.7 Å². The van der Waals surface area contributed by atoms with Crippen LogP contribution in [0.4, 0.5) is 0 Å². The molecule has 5 nitrogen and oxygen atoms in total. The van der Waals surface area contributed by atoms with Crippen LogP contribution in [-0.4, -0.2) is 45.3 Å². The number of primary amides is 1. The van der Waals surface area contributed by atoms with Crippen molar-refractivity contribution in [3.05, 3.63) is 0 Å². The van der Waals surface area contributed by atoms with E-state index in [1.165, 1.54) is 4.90 Å². The third kappa shape index (κ3) is 2.24. The summed E-state index contributed by atoms with van der Waals surface area (Å²) in [6, 6.07) is -0.669. The number of nitrogens with two attached hydrogens (primary N) is 1.